The minimum atomic E-state index is -0.443. The second kappa shape index (κ2) is 20.5. The average Bonchev–Trinajstić information content (AvgIpc) is 2.30. The molecule has 1 aliphatic rings. The second-order valence-corrected chi connectivity index (χ2v) is 22.0. The third-order valence-corrected chi connectivity index (χ3v) is 17.0. The zero-order valence-corrected chi connectivity index (χ0v) is 46.9. The van der Waals surface area contributed by atoms with E-state index in [-0.39, 0.29) is 0 Å². The fourth-order valence-corrected chi connectivity index (χ4v) is 12.9. The van der Waals surface area contributed by atoms with Gasteiger partial charge >= 0.3 is 0 Å². The lowest BCUT2D eigenvalue weighted by Crippen LogP contribution is -2.34. The van der Waals surface area contributed by atoms with E-state index in [1.807, 2.05) is 60.7 Å². The Bertz CT molecular complexity index is 5230. The van der Waals surface area contributed by atoms with Crippen molar-refractivity contribution in [2.24, 2.45) is 9.98 Å². The highest BCUT2D eigenvalue weighted by Crippen LogP contribution is 2.45. The molecule has 1 atom stereocenters. The van der Waals surface area contributed by atoms with Gasteiger partial charge in [-0.15, -0.1) is 0 Å². The second-order valence-electron chi connectivity index (χ2n) is 22.0. The van der Waals surface area contributed by atoms with E-state index < -0.39 is 6.17 Å². The predicted octanol–water partition coefficient (Wildman–Crippen LogP) is 18.3. The molecule has 12 aromatic carbocycles. The van der Waals surface area contributed by atoms with Crippen LogP contribution in [0.5, 0.6) is 0 Å². The highest BCUT2D eigenvalue weighted by atomic mass is 15.2. The third kappa shape index (κ3) is 8.43. The van der Waals surface area contributed by atoms with Gasteiger partial charge in [-0.05, 0) is 77.4 Å². The van der Waals surface area contributed by atoms with Crippen LogP contribution in [0.3, 0.4) is 0 Å². The van der Waals surface area contributed by atoms with Gasteiger partial charge in [0.2, 0.25) is 0 Å². The van der Waals surface area contributed by atoms with Crippen molar-refractivity contribution >= 4 is 77.1 Å². The number of rotatable bonds is 10. The van der Waals surface area contributed by atoms with Crippen LogP contribution in [-0.4, -0.2) is 40.3 Å². The number of nitrogens with one attached hydrogen (secondary N) is 1. The van der Waals surface area contributed by atoms with E-state index >= 15 is 0 Å². The zero-order valence-electron chi connectivity index (χ0n) is 46.9. The van der Waals surface area contributed by atoms with Crippen LogP contribution in [0.2, 0.25) is 0 Å². The van der Waals surface area contributed by atoms with Crippen molar-refractivity contribution in [1.29, 1.82) is 0 Å². The zero-order chi connectivity index (χ0) is 57.4. The van der Waals surface area contributed by atoms with Gasteiger partial charge < -0.3 is 19.0 Å². The summed E-state index contributed by atoms with van der Waals surface area (Å²) >= 11 is 0. The summed E-state index contributed by atoms with van der Waals surface area (Å²) in [5.41, 5.74) is 16.9. The van der Waals surface area contributed by atoms with E-state index in [1.165, 1.54) is 0 Å². The number of amidine groups is 2. The summed E-state index contributed by atoms with van der Waals surface area (Å²) in [6.07, 6.45) is -0.443. The summed E-state index contributed by atoms with van der Waals surface area (Å²) in [7, 11) is 0. The summed E-state index contributed by atoms with van der Waals surface area (Å²) < 4.78 is 7.27. The molecule has 1 aliphatic heterocycles. The monoisotopic (exact) mass is 1110 g/mol. The SMILES string of the molecule is c1ccc(C2=NC(c3ccccc3)NC(c3cc4c5cc(-c6nc(-c7ccccc7)nc(-c7ccccc7)n6)c(-n6c7ccccc7c7ccccc76)cc5n(-c5ccc(-c6ccccc6)cc5)c4cc3-n3c4ccccc4c4ccccc43)=N2)cc1. The van der Waals surface area contributed by atoms with Gasteiger partial charge in [0.15, 0.2) is 23.3 Å². The van der Waals surface area contributed by atoms with Crippen LogP contribution in [0.1, 0.15) is 22.9 Å². The maximum Gasteiger partial charge on any atom is 0.166 e. The molecule has 87 heavy (non-hydrogen) atoms. The molecule has 0 fully saturated rings. The molecule has 0 radical (unpaired) electrons. The van der Waals surface area contributed by atoms with Gasteiger partial charge in [-0.25, -0.2) is 24.9 Å². The van der Waals surface area contributed by atoms with Gasteiger partial charge in [0.1, 0.15) is 12.0 Å². The molecule has 0 saturated heterocycles. The van der Waals surface area contributed by atoms with E-state index in [2.05, 4.69) is 256 Å². The Balaban J connectivity index is 1.03. The largest absolute Gasteiger partial charge is 0.344 e. The third-order valence-electron chi connectivity index (χ3n) is 17.0. The molecule has 0 bridgehead atoms. The normalized spacial score (nSPS) is 13.4. The van der Waals surface area contributed by atoms with Crippen LogP contribution in [0.25, 0.3) is 128 Å². The fourth-order valence-electron chi connectivity index (χ4n) is 12.9. The Morgan fingerprint density at radius 1 is 0.287 bits per heavy atom. The van der Waals surface area contributed by atoms with Crippen LogP contribution in [0.4, 0.5) is 0 Å². The summed E-state index contributed by atoms with van der Waals surface area (Å²) in [4.78, 5) is 27.1. The van der Waals surface area contributed by atoms with Crippen molar-refractivity contribution in [3.05, 3.63) is 314 Å². The smallest absolute Gasteiger partial charge is 0.166 e. The van der Waals surface area contributed by atoms with E-state index in [0.717, 1.165) is 127 Å². The number of para-hydroxylation sites is 4. The van der Waals surface area contributed by atoms with Gasteiger partial charge in [-0.2, -0.15) is 0 Å². The number of aromatic nitrogens is 6. The molecule has 17 rings (SSSR count). The van der Waals surface area contributed by atoms with Gasteiger partial charge in [-0.3, -0.25) is 0 Å². The molecule has 4 aromatic heterocycles. The number of benzene rings is 12. The van der Waals surface area contributed by atoms with Gasteiger partial charge in [0, 0.05) is 65.8 Å². The standard InChI is InChI=1S/C78H51N9/c1-6-24-50(25-7-1)51-42-44-56(45-43-51)85-69-48-71(86-65-38-20-16-34-57(65)58-35-17-21-39-66(58)86)63(77-81-73(52-26-8-2-9-27-52)79-74(82-77)53-28-10-3-11-29-53)46-61(69)62-47-64(72(49-70(62)85)87-67-40-22-18-36-59(67)60-37-19-23-41-68(60)87)78-83-75(54-30-12-4-13-31-54)80-76(84-78)55-32-14-5-15-33-55/h1-49,73H,(H,79,81,82). The maximum atomic E-state index is 5.57. The number of hydrogen-bond donors (Lipinski definition) is 1. The molecule has 16 aromatic rings. The topological polar surface area (TPSA) is 90.2 Å². The number of hydrogen-bond acceptors (Lipinski definition) is 6. The highest BCUT2D eigenvalue weighted by Gasteiger charge is 2.29. The molecule has 0 amide bonds. The van der Waals surface area contributed by atoms with Crippen LogP contribution < -0.4 is 5.32 Å². The molecular formula is C78H51N9. The molecule has 9 nitrogen and oxygen atoms in total. The lowest BCUT2D eigenvalue weighted by atomic mass is 10.0. The number of nitrogens with zero attached hydrogens (tertiary/aromatic N) is 8. The van der Waals surface area contributed by atoms with Gasteiger partial charge in [0.05, 0.1) is 44.5 Å². The van der Waals surface area contributed by atoms with E-state index in [1.54, 1.807) is 0 Å². The van der Waals surface area contributed by atoms with Crippen molar-refractivity contribution < 1.29 is 0 Å². The molecule has 0 saturated carbocycles. The first-order chi connectivity index (χ1) is 43.1. The van der Waals surface area contributed by atoms with Crippen LogP contribution in [0, 0.1) is 0 Å². The van der Waals surface area contributed by atoms with E-state index in [0.29, 0.717) is 29.1 Å². The molecule has 408 valence electrons. The summed E-state index contributed by atoms with van der Waals surface area (Å²) in [5.74, 6) is 3.05. The molecule has 0 aliphatic carbocycles. The fraction of sp³-hybridized carbons (Fsp3) is 0.0128. The Labute approximate surface area is 500 Å². The van der Waals surface area contributed by atoms with E-state index in [9.17, 15) is 0 Å². The van der Waals surface area contributed by atoms with Gasteiger partial charge in [-0.1, -0.05) is 237 Å². The summed E-state index contributed by atoms with van der Waals surface area (Å²) in [6, 6.07) is 105. The first kappa shape index (κ1) is 49.8. The maximum absolute atomic E-state index is 5.57. The Kier molecular flexibility index (Phi) is 11.7. The average molecular weight is 1110 g/mol. The molecule has 0 spiro atoms. The Morgan fingerprint density at radius 3 is 1.15 bits per heavy atom. The van der Waals surface area contributed by atoms with Crippen LogP contribution in [0.15, 0.2) is 307 Å². The first-order valence-electron chi connectivity index (χ1n) is 29.4. The Morgan fingerprint density at radius 2 is 0.667 bits per heavy atom. The van der Waals surface area contributed by atoms with Crippen molar-refractivity contribution in [1.82, 2.24) is 34.0 Å². The minimum Gasteiger partial charge on any atom is -0.344 e. The quantitative estimate of drug-likeness (QED) is 0.148. The molecule has 1 unspecified atom stereocenters. The summed E-state index contributed by atoms with van der Waals surface area (Å²) in [5, 5.41) is 10.5. The van der Waals surface area contributed by atoms with Crippen molar-refractivity contribution in [2.75, 3.05) is 0 Å². The van der Waals surface area contributed by atoms with Crippen LogP contribution >= 0.6 is 0 Å². The van der Waals surface area contributed by atoms with Crippen molar-refractivity contribution in [2.45, 2.75) is 6.17 Å². The number of aliphatic imine (C=N–C) groups is 2. The summed E-state index contributed by atoms with van der Waals surface area (Å²) in [6.45, 7) is 0. The lowest BCUT2D eigenvalue weighted by Gasteiger charge is -2.25. The molecule has 5 heterocycles. The highest BCUT2D eigenvalue weighted by molar-refractivity contribution is 6.20. The van der Waals surface area contributed by atoms with Crippen LogP contribution in [-0.2, 0) is 0 Å². The number of fused-ring (bicyclic) bond motifs is 9. The lowest BCUT2D eigenvalue weighted by molar-refractivity contribution is 0.674. The molecular weight excluding hydrogens is 1060 g/mol. The minimum absolute atomic E-state index is 0.443. The van der Waals surface area contributed by atoms with Gasteiger partial charge in [0.25, 0.3) is 0 Å². The molecule has 9 heteroatoms. The van der Waals surface area contributed by atoms with Crippen molar-refractivity contribution in [3.8, 4) is 62.4 Å². The predicted molar refractivity (Wildman–Crippen MR) is 356 cm³/mol. The first-order valence-corrected chi connectivity index (χ1v) is 29.4. The van der Waals surface area contributed by atoms with Crippen molar-refractivity contribution in [3.63, 3.8) is 0 Å². The Hall–Kier alpha value is -11.8. The van der Waals surface area contributed by atoms with E-state index in [4.69, 9.17) is 24.9 Å². The molecule has 1 N–H and O–H groups in total.